The lowest BCUT2D eigenvalue weighted by Gasteiger charge is -2.08. The molecule has 0 saturated heterocycles. The fourth-order valence-electron chi connectivity index (χ4n) is 1.57. The topological polar surface area (TPSA) is 115 Å². The van der Waals surface area contributed by atoms with E-state index in [-0.39, 0.29) is 22.0 Å². The van der Waals surface area contributed by atoms with Crippen LogP contribution in [0.1, 0.15) is 0 Å². The lowest BCUT2D eigenvalue weighted by atomic mass is 10.3. The molecule has 110 valence electrons. The van der Waals surface area contributed by atoms with E-state index in [1.165, 1.54) is 6.07 Å². The summed E-state index contributed by atoms with van der Waals surface area (Å²) < 4.78 is 39.3. The second-order valence-corrected chi connectivity index (χ2v) is 5.78. The van der Waals surface area contributed by atoms with E-state index < -0.39 is 20.8 Å². The van der Waals surface area contributed by atoms with Gasteiger partial charge in [-0.15, -0.1) is 0 Å². The molecule has 2 aromatic carbocycles. The Bertz CT molecular complexity index is 791. The Hall–Kier alpha value is -2.68. The van der Waals surface area contributed by atoms with Gasteiger partial charge in [0.1, 0.15) is 5.82 Å². The summed E-state index contributed by atoms with van der Waals surface area (Å²) in [5.74, 6) is -0.659. The van der Waals surface area contributed by atoms with Crippen molar-refractivity contribution in [3.05, 3.63) is 58.4 Å². The van der Waals surface area contributed by atoms with Crippen molar-refractivity contribution in [2.45, 2.75) is 4.90 Å². The Morgan fingerprint density at radius 3 is 2.29 bits per heavy atom. The van der Waals surface area contributed by atoms with E-state index in [1.807, 2.05) is 0 Å². The van der Waals surface area contributed by atoms with Crippen molar-refractivity contribution in [2.75, 3.05) is 10.5 Å². The van der Waals surface area contributed by atoms with E-state index in [2.05, 4.69) is 4.72 Å². The van der Waals surface area contributed by atoms with Gasteiger partial charge in [-0.25, -0.2) is 12.8 Å². The third-order valence-electron chi connectivity index (χ3n) is 2.61. The number of nitro benzene ring substituents is 1. The van der Waals surface area contributed by atoms with Crippen molar-refractivity contribution >= 4 is 27.1 Å². The normalized spacial score (nSPS) is 11.1. The van der Waals surface area contributed by atoms with Crippen molar-refractivity contribution in [3.8, 4) is 0 Å². The summed E-state index contributed by atoms with van der Waals surface area (Å²) in [6.07, 6.45) is 0. The largest absolute Gasteiger partial charge is 0.396 e. The number of benzene rings is 2. The van der Waals surface area contributed by atoms with Gasteiger partial charge in [0.05, 0.1) is 21.2 Å². The van der Waals surface area contributed by atoms with E-state index in [9.17, 15) is 22.9 Å². The van der Waals surface area contributed by atoms with Gasteiger partial charge < -0.3 is 5.73 Å². The number of rotatable bonds is 4. The Morgan fingerprint density at radius 2 is 1.76 bits per heavy atom. The number of non-ortho nitro benzene ring substituents is 1. The first kappa shape index (κ1) is 14.7. The number of anilines is 2. The van der Waals surface area contributed by atoms with Crippen molar-refractivity contribution in [1.82, 2.24) is 0 Å². The number of nitro groups is 1. The Labute approximate surface area is 119 Å². The van der Waals surface area contributed by atoms with Crippen LogP contribution in [0.25, 0.3) is 0 Å². The van der Waals surface area contributed by atoms with Crippen molar-refractivity contribution in [1.29, 1.82) is 0 Å². The van der Waals surface area contributed by atoms with Crippen LogP contribution in [0.5, 0.6) is 0 Å². The number of sulfonamides is 1. The van der Waals surface area contributed by atoms with Crippen molar-refractivity contribution < 1.29 is 17.7 Å². The molecule has 0 amide bonds. The molecule has 21 heavy (non-hydrogen) atoms. The highest BCUT2D eigenvalue weighted by molar-refractivity contribution is 7.92. The summed E-state index contributed by atoms with van der Waals surface area (Å²) >= 11 is 0. The van der Waals surface area contributed by atoms with Crippen LogP contribution in [0.3, 0.4) is 0 Å². The minimum atomic E-state index is -3.94. The average molecular weight is 311 g/mol. The van der Waals surface area contributed by atoms with Crippen LogP contribution >= 0.6 is 0 Å². The Balaban J connectivity index is 2.29. The number of nitrogens with two attached hydrogens (primary N) is 1. The molecule has 0 atom stereocenters. The van der Waals surface area contributed by atoms with Gasteiger partial charge in [-0.3, -0.25) is 14.8 Å². The zero-order valence-corrected chi connectivity index (χ0v) is 11.3. The van der Waals surface area contributed by atoms with Crippen molar-refractivity contribution in [3.63, 3.8) is 0 Å². The monoisotopic (exact) mass is 311 g/mol. The van der Waals surface area contributed by atoms with E-state index in [1.54, 1.807) is 0 Å². The fourth-order valence-corrected chi connectivity index (χ4v) is 2.62. The molecule has 7 nitrogen and oxygen atoms in total. The van der Waals surface area contributed by atoms with Crippen LogP contribution in [-0.2, 0) is 10.0 Å². The molecule has 0 saturated carbocycles. The summed E-state index contributed by atoms with van der Waals surface area (Å²) in [4.78, 5) is 9.72. The van der Waals surface area contributed by atoms with Crippen molar-refractivity contribution in [2.24, 2.45) is 0 Å². The fraction of sp³-hybridized carbons (Fsp3) is 0. The van der Waals surface area contributed by atoms with Gasteiger partial charge >= 0.3 is 0 Å². The third kappa shape index (κ3) is 3.26. The number of hydrogen-bond donors (Lipinski definition) is 2. The molecule has 0 heterocycles. The lowest BCUT2D eigenvalue weighted by molar-refractivity contribution is -0.384. The van der Waals surface area contributed by atoms with Crippen LogP contribution in [0.2, 0.25) is 0 Å². The molecule has 9 heteroatoms. The SMILES string of the molecule is Nc1cc(NS(=O)(=O)c2ccc([N+](=O)[O-])cc2)ccc1F. The maximum Gasteiger partial charge on any atom is 0.269 e. The molecule has 0 aliphatic heterocycles. The minimum Gasteiger partial charge on any atom is -0.396 e. The molecule has 3 N–H and O–H groups in total. The Kier molecular flexibility index (Phi) is 3.76. The molecule has 0 aliphatic rings. The maximum absolute atomic E-state index is 13.0. The van der Waals surface area contributed by atoms with Crippen LogP contribution in [0, 0.1) is 15.9 Å². The lowest BCUT2D eigenvalue weighted by Crippen LogP contribution is -2.13. The first-order valence-electron chi connectivity index (χ1n) is 5.62. The summed E-state index contributed by atoms with van der Waals surface area (Å²) in [6.45, 7) is 0. The quantitative estimate of drug-likeness (QED) is 0.510. The third-order valence-corrected chi connectivity index (χ3v) is 4.00. The average Bonchev–Trinajstić information content (AvgIpc) is 2.43. The van der Waals surface area contributed by atoms with E-state index in [0.29, 0.717) is 0 Å². The molecule has 0 aromatic heterocycles. The van der Waals surface area contributed by atoms with E-state index in [0.717, 1.165) is 36.4 Å². The number of nitrogens with zero attached hydrogens (tertiary/aromatic N) is 1. The number of nitrogens with one attached hydrogen (secondary N) is 1. The number of nitrogen functional groups attached to an aromatic ring is 1. The predicted molar refractivity (Wildman–Crippen MR) is 74.7 cm³/mol. The predicted octanol–water partition coefficient (Wildman–Crippen LogP) is 2.12. The first-order valence-corrected chi connectivity index (χ1v) is 7.10. The zero-order valence-electron chi connectivity index (χ0n) is 10.5. The molecule has 2 rings (SSSR count). The highest BCUT2D eigenvalue weighted by Gasteiger charge is 2.16. The summed E-state index contributed by atoms with van der Waals surface area (Å²) in [5, 5.41) is 10.5. The maximum atomic E-state index is 13.0. The van der Waals surface area contributed by atoms with E-state index in [4.69, 9.17) is 5.73 Å². The minimum absolute atomic E-state index is 0.0900. The van der Waals surface area contributed by atoms with Gasteiger partial charge in [-0.1, -0.05) is 0 Å². The molecule has 0 radical (unpaired) electrons. The molecule has 2 aromatic rings. The smallest absolute Gasteiger partial charge is 0.269 e. The molecule has 0 aliphatic carbocycles. The zero-order chi connectivity index (χ0) is 15.6. The highest BCUT2D eigenvalue weighted by Crippen LogP contribution is 2.21. The molecular weight excluding hydrogens is 301 g/mol. The number of halogens is 1. The second kappa shape index (κ2) is 5.37. The summed E-state index contributed by atoms with van der Waals surface area (Å²) in [6, 6.07) is 7.75. The second-order valence-electron chi connectivity index (χ2n) is 4.09. The molecular formula is C12H10FN3O4S. The van der Waals surface area contributed by atoms with Crippen LogP contribution in [-0.4, -0.2) is 13.3 Å². The van der Waals surface area contributed by atoms with Gasteiger partial charge in [0.15, 0.2) is 0 Å². The van der Waals surface area contributed by atoms with Crippen LogP contribution in [0.15, 0.2) is 47.4 Å². The van der Waals surface area contributed by atoms with Gasteiger partial charge in [0.25, 0.3) is 15.7 Å². The molecule has 0 unspecified atom stereocenters. The van der Waals surface area contributed by atoms with Gasteiger partial charge in [-0.05, 0) is 30.3 Å². The van der Waals surface area contributed by atoms with E-state index >= 15 is 0 Å². The summed E-state index contributed by atoms with van der Waals surface area (Å²) in [5.41, 5.74) is 5.02. The van der Waals surface area contributed by atoms with Crippen LogP contribution < -0.4 is 10.5 Å². The van der Waals surface area contributed by atoms with Gasteiger partial charge in [0.2, 0.25) is 0 Å². The number of hydrogen-bond acceptors (Lipinski definition) is 5. The van der Waals surface area contributed by atoms with Gasteiger partial charge in [0, 0.05) is 12.1 Å². The molecule has 0 bridgehead atoms. The molecule has 0 fully saturated rings. The molecule has 0 spiro atoms. The van der Waals surface area contributed by atoms with Crippen LogP contribution in [0.4, 0.5) is 21.5 Å². The summed E-state index contributed by atoms with van der Waals surface area (Å²) in [7, 11) is -3.94. The Morgan fingerprint density at radius 1 is 1.14 bits per heavy atom. The first-order chi connectivity index (χ1) is 9.79. The van der Waals surface area contributed by atoms with Gasteiger partial charge in [-0.2, -0.15) is 0 Å². The standard InChI is InChI=1S/C12H10FN3O4S/c13-11-6-1-8(7-12(11)14)15-21(19,20)10-4-2-9(3-5-10)16(17)18/h1-7,15H,14H2. The highest BCUT2D eigenvalue weighted by atomic mass is 32.2.